The minimum atomic E-state index is -0.425. The van der Waals surface area contributed by atoms with Crippen LogP contribution in [0.1, 0.15) is 56.5 Å². The number of carbonyl (C=O) groups excluding carboxylic acids is 1. The van der Waals surface area contributed by atoms with Gasteiger partial charge in [-0.3, -0.25) is 4.79 Å². The van der Waals surface area contributed by atoms with E-state index in [4.69, 9.17) is 9.31 Å². The first kappa shape index (κ1) is 16.5. The van der Waals surface area contributed by atoms with Crippen molar-refractivity contribution in [3.8, 4) is 0 Å². The molecule has 1 amide bonds. The first-order valence-corrected chi connectivity index (χ1v) is 8.47. The summed E-state index contributed by atoms with van der Waals surface area (Å²) < 4.78 is 12.3. The summed E-state index contributed by atoms with van der Waals surface area (Å²) in [5, 5.41) is 0. The van der Waals surface area contributed by atoms with E-state index in [1.807, 2.05) is 57.7 Å². The molecule has 0 atom stereocenters. The van der Waals surface area contributed by atoms with Gasteiger partial charge in [-0.25, -0.2) is 0 Å². The number of aryl methyl sites for hydroxylation is 1. The largest absolute Gasteiger partial charge is 0.495 e. The molecule has 0 spiro atoms. The molecule has 2 aliphatic heterocycles. The van der Waals surface area contributed by atoms with E-state index in [9.17, 15) is 4.79 Å². The SMILES string of the molecule is Cc1ccc(C(=O)N2CCCC2)cc1B1OC(C)(C)C(C)(C)O1. The Hall–Kier alpha value is -1.33. The molecule has 4 nitrogen and oxygen atoms in total. The van der Waals surface area contributed by atoms with Gasteiger partial charge in [-0.05, 0) is 65.1 Å². The standard InChI is InChI=1S/C18H26BNO3/c1-13-8-9-14(16(21)20-10-6-7-11-20)12-15(13)19-22-17(2,3)18(4,5)23-19/h8-9,12H,6-7,10-11H2,1-5H3. The molecular weight excluding hydrogens is 289 g/mol. The first-order valence-electron chi connectivity index (χ1n) is 8.47. The van der Waals surface area contributed by atoms with E-state index in [2.05, 4.69) is 0 Å². The van der Waals surface area contributed by atoms with Gasteiger partial charge in [0.25, 0.3) is 5.91 Å². The Balaban J connectivity index is 1.88. The number of nitrogens with zero attached hydrogens (tertiary/aromatic N) is 1. The predicted octanol–water partition coefficient (Wildman–Crippen LogP) is 2.53. The lowest BCUT2D eigenvalue weighted by Crippen LogP contribution is -2.41. The molecular formula is C18H26BNO3. The van der Waals surface area contributed by atoms with Gasteiger partial charge in [0.05, 0.1) is 11.2 Å². The minimum Gasteiger partial charge on any atom is -0.399 e. The summed E-state index contributed by atoms with van der Waals surface area (Å²) >= 11 is 0. The smallest absolute Gasteiger partial charge is 0.399 e. The molecule has 2 saturated heterocycles. The van der Waals surface area contributed by atoms with Gasteiger partial charge >= 0.3 is 7.12 Å². The molecule has 2 fully saturated rings. The minimum absolute atomic E-state index is 0.111. The second kappa shape index (κ2) is 5.64. The lowest BCUT2D eigenvalue weighted by molar-refractivity contribution is 0.00578. The van der Waals surface area contributed by atoms with Crippen LogP contribution in [0.4, 0.5) is 0 Å². The molecule has 0 N–H and O–H groups in total. The maximum absolute atomic E-state index is 12.6. The van der Waals surface area contributed by atoms with Crippen molar-refractivity contribution in [1.82, 2.24) is 4.90 Å². The number of benzene rings is 1. The number of likely N-dealkylation sites (tertiary alicyclic amines) is 1. The van der Waals surface area contributed by atoms with Crippen LogP contribution in [0.3, 0.4) is 0 Å². The van der Waals surface area contributed by atoms with Crippen molar-refractivity contribution in [3.63, 3.8) is 0 Å². The Kier molecular flexibility index (Phi) is 4.05. The zero-order valence-corrected chi connectivity index (χ0v) is 14.8. The molecule has 23 heavy (non-hydrogen) atoms. The Bertz CT molecular complexity index is 605. The van der Waals surface area contributed by atoms with Crippen LogP contribution in [-0.4, -0.2) is 42.2 Å². The van der Waals surface area contributed by atoms with E-state index in [-0.39, 0.29) is 17.1 Å². The lowest BCUT2D eigenvalue weighted by atomic mass is 9.75. The Labute approximate surface area is 139 Å². The van der Waals surface area contributed by atoms with Gasteiger partial charge in [-0.15, -0.1) is 0 Å². The van der Waals surface area contributed by atoms with Gasteiger partial charge in [-0.1, -0.05) is 11.6 Å². The van der Waals surface area contributed by atoms with E-state index < -0.39 is 7.12 Å². The number of amides is 1. The third-order valence-electron chi connectivity index (χ3n) is 5.43. The van der Waals surface area contributed by atoms with Crippen molar-refractivity contribution in [3.05, 3.63) is 29.3 Å². The molecule has 0 radical (unpaired) electrons. The molecule has 0 saturated carbocycles. The van der Waals surface area contributed by atoms with E-state index >= 15 is 0 Å². The average Bonchev–Trinajstić information content (AvgIpc) is 3.06. The Morgan fingerprint density at radius 1 is 1.09 bits per heavy atom. The fourth-order valence-electron chi connectivity index (χ4n) is 3.10. The van der Waals surface area contributed by atoms with Crippen molar-refractivity contribution < 1.29 is 14.1 Å². The Morgan fingerprint density at radius 2 is 1.65 bits per heavy atom. The van der Waals surface area contributed by atoms with Gasteiger partial charge < -0.3 is 14.2 Å². The van der Waals surface area contributed by atoms with Crippen molar-refractivity contribution >= 4 is 18.5 Å². The van der Waals surface area contributed by atoms with Crippen molar-refractivity contribution in [2.45, 2.75) is 58.7 Å². The van der Waals surface area contributed by atoms with E-state index in [0.29, 0.717) is 0 Å². The fraction of sp³-hybridized carbons (Fsp3) is 0.611. The van der Waals surface area contributed by atoms with Gasteiger partial charge in [0.15, 0.2) is 0 Å². The average molecular weight is 315 g/mol. The van der Waals surface area contributed by atoms with Crippen molar-refractivity contribution in [2.75, 3.05) is 13.1 Å². The highest BCUT2D eigenvalue weighted by molar-refractivity contribution is 6.62. The Morgan fingerprint density at radius 3 is 2.22 bits per heavy atom. The van der Waals surface area contributed by atoms with Crippen LogP contribution >= 0.6 is 0 Å². The monoisotopic (exact) mass is 315 g/mol. The normalized spacial score (nSPS) is 22.7. The second-order valence-electron chi connectivity index (χ2n) is 7.66. The topological polar surface area (TPSA) is 38.8 Å². The molecule has 0 aliphatic carbocycles. The molecule has 2 heterocycles. The van der Waals surface area contributed by atoms with Gasteiger partial charge in [0.2, 0.25) is 0 Å². The van der Waals surface area contributed by atoms with Gasteiger partial charge in [0, 0.05) is 18.7 Å². The number of rotatable bonds is 2. The summed E-state index contributed by atoms with van der Waals surface area (Å²) in [6.45, 7) is 11.9. The summed E-state index contributed by atoms with van der Waals surface area (Å²) in [5.41, 5.74) is 2.01. The van der Waals surface area contributed by atoms with Crippen LogP contribution in [-0.2, 0) is 9.31 Å². The number of hydrogen-bond acceptors (Lipinski definition) is 3. The zero-order valence-electron chi connectivity index (χ0n) is 14.8. The quantitative estimate of drug-likeness (QED) is 0.787. The summed E-state index contributed by atoms with van der Waals surface area (Å²) in [6, 6.07) is 5.84. The van der Waals surface area contributed by atoms with Crippen LogP contribution < -0.4 is 5.46 Å². The van der Waals surface area contributed by atoms with Crippen LogP contribution in [0.15, 0.2) is 18.2 Å². The van der Waals surface area contributed by atoms with Crippen molar-refractivity contribution in [2.24, 2.45) is 0 Å². The molecule has 1 aromatic rings. The van der Waals surface area contributed by atoms with Crippen LogP contribution in [0.5, 0.6) is 0 Å². The third kappa shape index (κ3) is 2.92. The van der Waals surface area contributed by atoms with Gasteiger partial charge in [-0.2, -0.15) is 0 Å². The summed E-state index contributed by atoms with van der Waals surface area (Å²) in [6.07, 6.45) is 2.20. The lowest BCUT2D eigenvalue weighted by Gasteiger charge is -2.32. The maximum atomic E-state index is 12.6. The number of hydrogen-bond donors (Lipinski definition) is 0. The first-order chi connectivity index (χ1) is 10.7. The van der Waals surface area contributed by atoms with E-state index in [1.54, 1.807) is 0 Å². The van der Waals surface area contributed by atoms with E-state index in [0.717, 1.165) is 42.5 Å². The summed E-state index contributed by atoms with van der Waals surface area (Å²) in [7, 11) is -0.425. The fourth-order valence-corrected chi connectivity index (χ4v) is 3.10. The maximum Gasteiger partial charge on any atom is 0.495 e. The highest BCUT2D eigenvalue weighted by Gasteiger charge is 2.52. The zero-order chi connectivity index (χ0) is 16.8. The van der Waals surface area contributed by atoms with Gasteiger partial charge in [0.1, 0.15) is 0 Å². The van der Waals surface area contributed by atoms with Crippen LogP contribution in [0.2, 0.25) is 0 Å². The molecule has 2 aliphatic rings. The highest BCUT2D eigenvalue weighted by atomic mass is 16.7. The molecule has 0 aromatic heterocycles. The molecule has 5 heteroatoms. The summed E-state index contributed by atoms with van der Waals surface area (Å²) in [5.74, 6) is 0.111. The molecule has 3 rings (SSSR count). The number of carbonyl (C=O) groups is 1. The molecule has 124 valence electrons. The van der Waals surface area contributed by atoms with Crippen LogP contribution in [0, 0.1) is 6.92 Å². The molecule has 0 unspecified atom stereocenters. The third-order valence-corrected chi connectivity index (χ3v) is 5.43. The molecule has 0 bridgehead atoms. The second-order valence-corrected chi connectivity index (χ2v) is 7.66. The van der Waals surface area contributed by atoms with Crippen molar-refractivity contribution in [1.29, 1.82) is 0 Å². The highest BCUT2D eigenvalue weighted by Crippen LogP contribution is 2.36. The van der Waals surface area contributed by atoms with Crippen LogP contribution in [0.25, 0.3) is 0 Å². The molecule has 1 aromatic carbocycles. The van der Waals surface area contributed by atoms with E-state index in [1.165, 1.54) is 0 Å². The summed E-state index contributed by atoms with van der Waals surface area (Å²) in [4.78, 5) is 14.6. The predicted molar refractivity (Wildman–Crippen MR) is 92.0 cm³/mol.